The van der Waals surface area contributed by atoms with Gasteiger partial charge in [-0.25, -0.2) is 0 Å². The van der Waals surface area contributed by atoms with Gasteiger partial charge in [-0.15, -0.1) is 0 Å². The van der Waals surface area contributed by atoms with Crippen LogP contribution in [0.1, 0.15) is 27.2 Å². The number of nitrogens with zero attached hydrogens (tertiary/aromatic N) is 2. The minimum atomic E-state index is -0.314. The van der Waals surface area contributed by atoms with Gasteiger partial charge in [0.2, 0.25) is 5.91 Å². The van der Waals surface area contributed by atoms with Gasteiger partial charge in [-0.05, 0) is 11.7 Å². The predicted molar refractivity (Wildman–Crippen MR) is 81.5 cm³/mol. The quantitative estimate of drug-likeness (QED) is 0.828. The van der Waals surface area contributed by atoms with E-state index in [2.05, 4.69) is 25.7 Å². The second-order valence-electron chi connectivity index (χ2n) is 6.31. The number of β-amino-alcohol motifs (C(OH)–C–C–N with tert-alkyl or cyclic N) is 1. The third kappa shape index (κ3) is 5.71. The predicted octanol–water partition coefficient (Wildman–Crippen LogP) is 1.29. The molecule has 1 atom stereocenters. The Hall–Kier alpha value is -0.260. The lowest BCUT2D eigenvalue weighted by Gasteiger charge is -2.38. The fourth-order valence-corrected chi connectivity index (χ4v) is 2.42. The molecule has 1 fully saturated rings. The van der Waals surface area contributed by atoms with E-state index in [-0.39, 0.29) is 17.4 Å². The first-order valence-corrected chi connectivity index (χ1v) is 8.41. The fourth-order valence-electron chi connectivity index (χ4n) is 2.05. The summed E-state index contributed by atoms with van der Waals surface area (Å²) < 4.78 is 0. The van der Waals surface area contributed by atoms with E-state index in [1.807, 2.05) is 11.2 Å². The van der Waals surface area contributed by atoms with Crippen molar-refractivity contribution >= 4 is 17.7 Å². The molecule has 1 amide bonds. The molecule has 1 saturated heterocycles. The summed E-state index contributed by atoms with van der Waals surface area (Å²) in [6.45, 7) is 10.2. The van der Waals surface area contributed by atoms with Crippen molar-refractivity contribution < 1.29 is 9.90 Å². The number of aliphatic hydroxyl groups excluding tert-OH is 1. The Morgan fingerprint density at radius 2 is 1.84 bits per heavy atom. The van der Waals surface area contributed by atoms with E-state index >= 15 is 0 Å². The molecule has 1 N–H and O–H groups in total. The fraction of sp³-hybridized carbons (Fsp3) is 0.929. The lowest BCUT2D eigenvalue weighted by atomic mass is 9.89. The van der Waals surface area contributed by atoms with Crippen LogP contribution in [-0.2, 0) is 4.79 Å². The molecule has 0 radical (unpaired) electrons. The molecule has 0 aromatic heterocycles. The first-order valence-electron chi connectivity index (χ1n) is 7.01. The monoisotopic (exact) mass is 288 g/mol. The highest BCUT2D eigenvalue weighted by molar-refractivity contribution is 7.98. The summed E-state index contributed by atoms with van der Waals surface area (Å²) in [7, 11) is 0. The van der Waals surface area contributed by atoms with Gasteiger partial charge in [-0.1, -0.05) is 20.8 Å². The molecule has 0 bridgehead atoms. The van der Waals surface area contributed by atoms with Gasteiger partial charge >= 0.3 is 0 Å². The molecule has 0 spiro atoms. The highest BCUT2D eigenvalue weighted by atomic mass is 32.2. The molecule has 5 heteroatoms. The zero-order valence-corrected chi connectivity index (χ0v) is 13.5. The lowest BCUT2D eigenvalue weighted by Crippen LogP contribution is -2.51. The summed E-state index contributed by atoms with van der Waals surface area (Å²) in [5.74, 6) is 1.17. The molecule has 0 aromatic carbocycles. The van der Waals surface area contributed by atoms with Crippen molar-refractivity contribution in [3.8, 4) is 0 Å². The zero-order valence-electron chi connectivity index (χ0n) is 12.7. The number of carbonyl (C=O) groups is 1. The van der Waals surface area contributed by atoms with Crippen LogP contribution in [0.15, 0.2) is 0 Å². The topological polar surface area (TPSA) is 43.8 Å². The number of amides is 1. The van der Waals surface area contributed by atoms with Gasteiger partial charge in [0.25, 0.3) is 0 Å². The van der Waals surface area contributed by atoms with E-state index < -0.39 is 0 Å². The first kappa shape index (κ1) is 16.8. The Morgan fingerprint density at radius 3 is 2.32 bits per heavy atom. The van der Waals surface area contributed by atoms with Crippen molar-refractivity contribution in [2.45, 2.75) is 33.3 Å². The number of thioether (sulfide) groups is 1. The minimum Gasteiger partial charge on any atom is -0.391 e. The van der Waals surface area contributed by atoms with Crippen LogP contribution in [0.5, 0.6) is 0 Å². The van der Waals surface area contributed by atoms with E-state index in [1.54, 1.807) is 11.8 Å². The van der Waals surface area contributed by atoms with Gasteiger partial charge in [0.05, 0.1) is 6.10 Å². The lowest BCUT2D eigenvalue weighted by molar-refractivity contribution is -0.132. The molecule has 1 rings (SSSR count). The standard InChI is InChI=1S/C14H28N2O2S/c1-14(2,3)12(17)11-15-6-8-16(9-7-15)13(18)5-10-19-4/h12,17H,5-11H2,1-4H3/t12-/m1/s1. The van der Waals surface area contributed by atoms with E-state index in [1.165, 1.54) is 0 Å². The number of rotatable bonds is 5. The summed E-state index contributed by atoms with van der Waals surface area (Å²) in [4.78, 5) is 16.1. The van der Waals surface area contributed by atoms with E-state index in [0.717, 1.165) is 31.9 Å². The summed E-state index contributed by atoms with van der Waals surface area (Å²) >= 11 is 1.71. The van der Waals surface area contributed by atoms with Gasteiger partial charge < -0.3 is 10.0 Å². The van der Waals surface area contributed by atoms with Gasteiger partial charge in [0.1, 0.15) is 0 Å². The molecule has 4 nitrogen and oxygen atoms in total. The van der Waals surface area contributed by atoms with Crippen LogP contribution in [-0.4, -0.2) is 71.6 Å². The average molecular weight is 288 g/mol. The maximum absolute atomic E-state index is 11.9. The van der Waals surface area contributed by atoms with E-state index in [0.29, 0.717) is 13.0 Å². The molecule has 1 heterocycles. The highest BCUT2D eigenvalue weighted by Gasteiger charge is 2.27. The smallest absolute Gasteiger partial charge is 0.223 e. The van der Waals surface area contributed by atoms with Crippen molar-refractivity contribution in [3.63, 3.8) is 0 Å². The largest absolute Gasteiger partial charge is 0.391 e. The molecular formula is C14H28N2O2S. The normalized spacial score (nSPS) is 19.5. The van der Waals surface area contributed by atoms with Gasteiger partial charge in [-0.2, -0.15) is 11.8 Å². The molecule has 0 saturated carbocycles. The van der Waals surface area contributed by atoms with Crippen molar-refractivity contribution in [2.24, 2.45) is 5.41 Å². The maximum atomic E-state index is 11.9. The van der Waals surface area contributed by atoms with E-state index in [4.69, 9.17) is 0 Å². The average Bonchev–Trinajstić information content (AvgIpc) is 2.35. The van der Waals surface area contributed by atoms with Crippen LogP contribution < -0.4 is 0 Å². The van der Waals surface area contributed by atoms with Crippen LogP contribution in [0.4, 0.5) is 0 Å². The molecule has 0 unspecified atom stereocenters. The van der Waals surface area contributed by atoms with Crippen LogP contribution in [0.2, 0.25) is 0 Å². The van der Waals surface area contributed by atoms with Crippen molar-refractivity contribution in [3.05, 3.63) is 0 Å². The summed E-state index contributed by atoms with van der Waals surface area (Å²) in [5.41, 5.74) is -0.0781. The van der Waals surface area contributed by atoms with Gasteiger partial charge in [0, 0.05) is 44.9 Å². The Labute approximate surface area is 121 Å². The summed E-state index contributed by atoms with van der Waals surface area (Å²) in [6.07, 6.45) is 2.36. The SMILES string of the molecule is CSCCC(=O)N1CCN(C[C@@H](O)C(C)(C)C)CC1. The van der Waals surface area contributed by atoms with Gasteiger partial charge in [0.15, 0.2) is 0 Å². The van der Waals surface area contributed by atoms with Crippen LogP contribution in [0.3, 0.4) is 0 Å². The van der Waals surface area contributed by atoms with Crippen molar-refractivity contribution in [2.75, 3.05) is 44.7 Å². The van der Waals surface area contributed by atoms with Crippen molar-refractivity contribution in [1.29, 1.82) is 0 Å². The third-order valence-electron chi connectivity index (χ3n) is 3.68. The summed E-state index contributed by atoms with van der Waals surface area (Å²) in [5, 5.41) is 10.1. The Bertz CT molecular complexity index is 284. The molecule has 0 aromatic rings. The zero-order chi connectivity index (χ0) is 14.5. The number of hydrogen-bond donors (Lipinski definition) is 1. The third-order valence-corrected chi connectivity index (χ3v) is 4.29. The van der Waals surface area contributed by atoms with Crippen LogP contribution >= 0.6 is 11.8 Å². The second-order valence-corrected chi connectivity index (χ2v) is 7.29. The maximum Gasteiger partial charge on any atom is 0.223 e. The van der Waals surface area contributed by atoms with Crippen LogP contribution in [0.25, 0.3) is 0 Å². The van der Waals surface area contributed by atoms with Crippen LogP contribution in [0, 0.1) is 5.41 Å². The highest BCUT2D eigenvalue weighted by Crippen LogP contribution is 2.20. The molecule has 19 heavy (non-hydrogen) atoms. The number of piperazine rings is 1. The number of hydrogen-bond acceptors (Lipinski definition) is 4. The first-order chi connectivity index (χ1) is 8.84. The molecular weight excluding hydrogens is 260 g/mol. The molecule has 1 aliphatic heterocycles. The van der Waals surface area contributed by atoms with Gasteiger partial charge in [-0.3, -0.25) is 9.69 Å². The Kier molecular flexibility index (Phi) is 6.63. The summed E-state index contributed by atoms with van der Waals surface area (Å²) in [6, 6.07) is 0. The second kappa shape index (κ2) is 7.50. The van der Waals surface area contributed by atoms with E-state index in [9.17, 15) is 9.90 Å². The Balaban J connectivity index is 2.31. The molecule has 0 aliphatic carbocycles. The minimum absolute atomic E-state index is 0.0781. The molecule has 1 aliphatic rings. The number of carbonyl (C=O) groups excluding carboxylic acids is 1. The van der Waals surface area contributed by atoms with Crippen molar-refractivity contribution in [1.82, 2.24) is 9.80 Å². The molecule has 112 valence electrons. The number of aliphatic hydroxyl groups is 1. The Morgan fingerprint density at radius 1 is 1.26 bits per heavy atom.